The van der Waals surface area contributed by atoms with Crippen LogP contribution in [-0.4, -0.2) is 4.57 Å². The van der Waals surface area contributed by atoms with E-state index < -0.39 is 0 Å². The highest BCUT2D eigenvalue weighted by atomic mass is 79.9. The summed E-state index contributed by atoms with van der Waals surface area (Å²) >= 11 is 3.42. The molecule has 0 saturated heterocycles. The topological polar surface area (TPSA) is 4.93 Å². The van der Waals surface area contributed by atoms with Crippen molar-refractivity contribution in [2.75, 3.05) is 0 Å². The molecular formula is C96H76BrN. The molecule has 16 aromatic carbocycles. The summed E-state index contributed by atoms with van der Waals surface area (Å²) in [6.07, 6.45) is 5.09. The number of aromatic nitrogens is 1. The third kappa shape index (κ3) is 10.1. The largest absolute Gasteiger partial charge is 0.309 e. The third-order valence-electron chi connectivity index (χ3n) is 21.7. The van der Waals surface area contributed by atoms with Gasteiger partial charge in [0.25, 0.3) is 0 Å². The fourth-order valence-corrected chi connectivity index (χ4v) is 17.0. The van der Waals surface area contributed by atoms with Gasteiger partial charge < -0.3 is 4.57 Å². The van der Waals surface area contributed by atoms with Gasteiger partial charge in [-0.3, -0.25) is 0 Å². The molecule has 1 heterocycles. The molecule has 0 N–H and O–H groups in total. The van der Waals surface area contributed by atoms with E-state index in [1.165, 1.54) is 200 Å². The molecule has 0 amide bonds. The van der Waals surface area contributed by atoms with Gasteiger partial charge in [-0.25, -0.2) is 0 Å². The molecule has 3 aliphatic rings. The quantitative estimate of drug-likeness (QED) is 0.151. The first-order valence-electron chi connectivity index (χ1n) is 35.0. The summed E-state index contributed by atoms with van der Waals surface area (Å²) in [6, 6.07) is 112. The number of fused-ring (bicyclic) bond motifs is 24. The van der Waals surface area contributed by atoms with Gasteiger partial charge in [0.15, 0.2) is 0 Å². The van der Waals surface area contributed by atoms with Crippen LogP contribution in [0.1, 0.15) is 94.2 Å². The van der Waals surface area contributed by atoms with E-state index in [9.17, 15) is 0 Å². The van der Waals surface area contributed by atoms with Crippen LogP contribution in [0.4, 0.5) is 0 Å². The van der Waals surface area contributed by atoms with Gasteiger partial charge >= 0.3 is 0 Å². The van der Waals surface area contributed by atoms with Gasteiger partial charge in [-0.2, -0.15) is 0 Å². The number of benzene rings is 16. The zero-order valence-corrected chi connectivity index (χ0v) is 58.1. The maximum atomic E-state index is 3.42. The van der Waals surface area contributed by atoms with Crippen molar-refractivity contribution in [3.63, 3.8) is 0 Å². The summed E-state index contributed by atoms with van der Waals surface area (Å²) in [5, 5.41) is 18.5. The van der Waals surface area contributed by atoms with Crippen LogP contribution in [0.3, 0.4) is 0 Å². The van der Waals surface area contributed by atoms with Crippen LogP contribution in [0.25, 0.3) is 148 Å². The zero-order valence-electron chi connectivity index (χ0n) is 56.5. The van der Waals surface area contributed by atoms with E-state index in [-0.39, 0.29) is 10.8 Å². The Balaban J connectivity index is 0.000000121. The summed E-state index contributed by atoms with van der Waals surface area (Å²) < 4.78 is 3.62. The Labute approximate surface area is 583 Å². The van der Waals surface area contributed by atoms with Gasteiger partial charge in [0.2, 0.25) is 0 Å². The molecule has 2 heteroatoms. The van der Waals surface area contributed by atoms with Crippen molar-refractivity contribution in [3.05, 3.63) is 341 Å². The predicted molar refractivity (Wildman–Crippen MR) is 426 cm³/mol. The highest BCUT2D eigenvalue weighted by Gasteiger charge is 2.38. The predicted octanol–water partition coefficient (Wildman–Crippen LogP) is 27.6. The third-order valence-corrected chi connectivity index (χ3v) is 22.2. The van der Waals surface area contributed by atoms with E-state index in [1.807, 2.05) is 6.07 Å². The molecule has 0 aliphatic heterocycles. The Morgan fingerprint density at radius 3 is 1.11 bits per heavy atom. The highest BCUT2D eigenvalue weighted by Crippen LogP contribution is 2.55. The van der Waals surface area contributed by atoms with Crippen molar-refractivity contribution in [1.29, 1.82) is 0 Å². The minimum atomic E-state index is -0.0737. The summed E-state index contributed by atoms with van der Waals surface area (Å²) in [4.78, 5) is 0. The molecule has 1 nitrogen and oxygen atoms in total. The molecule has 3 aliphatic carbocycles. The van der Waals surface area contributed by atoms with Gasteiger partial charge in [-0.1, -0.05) is 313 Å². The lowest BCUT2D eigenvalue weighted by molar-refractivity contribution is 0.659. The van der Waals surface area contributed by atoms with Crippen molar-refractivity contribution in [2.24, 2.45) is 0 Å². The number of rotatable bonds is 5. The normalized spacial score (nSPS) is 13.3. The lowest BCUT2D eigenvalue weighted by Crippen LogP contribution is -2.15. The Kier molecular flexibility index (Phi) is 15.2. The van der Waals surface area contributed by atoms with Crippen molar-refractivity contribution in [3.8, 4) is 61.3 Å². The number of hydrogen-bond donors (Lipinski definition) is 0. The summed E-state index contributed by atoms with van der Waals surface area (Å²) in [6.45, 7) is 13.9. The molecule has 0 unspecified atom stereocenters. The first-order valence-corrected chi connectivity index (χ1v) is 35.8. The van der Waals surface area contributed by atoms with E-state index in [0.29, 0.717) is 0 Å². The zero-order chi connectivity index (χ0) is 66.4. The molecule has 17 aromatic rings. The first kappa shape index (κ1) is 61.0. The van der Waals surface area contributed by atoms with E-state index in [2.05, 4.69) is 359 Å². The average molecular weight is 1320 g/mol. The Morgan fingerprint density at radius 1 is 0.276 bits per heavy atom. The molecule has 1 aromatic heterocycles. The van der Waals surface area contributed by atoms with Gasteiger partial charge in [0, 0.05) is 31.8 Å². The number of hydrogen-bond acceptors (Lipinski definition) is 0. The molecule has 0 bridgehead atoms. The lowest BCUT2D eigenvalue weighted by atomic mass is 9.81. The monoisotopic (exact) mass is 1320 g/mol. The highest BCUT2D eigenvalue weighted by molar-refractivity contribution is 9.10. The maximum absolute atomic E-state index is 3.42. The van der Waals surface area contributed by atoms with Crippen LogP contribution in [0.2, 0.25) is 0 Å². The van der Waals surface area contributed by atoms with Crippen LogP contribution < -0.4 is 0 Å². The van der Waals surface area contributed by atoms with E-state index in [1.54, 1.807) is 0 Å². The Hall–Kier alpha value is -10.6. The molecule has 0 radical (unpaired) electrons. The number of halogens is 1. The fraction of sp³-hybridized carbons (Fsp3) is 0.125. The van der Waals surface area contributed by atoms with Gasteiger partial charge in [-0.05, 0) is 227 Å². The van der Waals surface area contributed by atoms with Gasteiger partial charge in [0.1, 0.15) is 0 Å². The minimum absolute atomic E-state index is 0.0485. The van der Waals surface area contributed by atoms with Crippen LogP contribution >= 0.6 is 15.9 Å². The Bertz CT molecular complexity index is 5990. The minimum Gasteiger partial charge on any atom is -0.309 e. The maximum Gasteiger partial charge on any atom is 0.0547 e. The smallest absolute Gasteiger partial charge is 0.0547 e. The second-order valence-electron chi connectivity index (χ2n) is 28.1. The summed E-state index contributed by atoms with van der Waals surface area (Å²) in [7, 11) is 0. The van der Waals surface area contributed by atoms with Crippen LogP contribution in [-0.2, 0) is 17.3 Å². The molecule has 0 spiro atoms. The molecule has 98 heavy (non-hydrogen) atoms. The standard InChI is InChI=1S/C45H31N.C34H24.C12H9Br.C5H12/c1-45(2)41-19-11-10-18-35(41)38-25-40-39-24-36-33-16-8-6-14-31(33)32-15-7-9-17-34(32)37(36)26-43(39)46(44(40)27-42(38)45)30-22-20-29(21-23-30)28-12-4-3-5-13-28;1-34(2)32-14-8-7-13-26(32)31-19-28-21(17-33(31)34)15-20-16-29-24-11-5-3-9-22(24)23-10-4-6-12-25(23)30(29)18-27(20)28;13-12-8-6-11(7-9-12)10-4-2-1-3-5-10;1-3-5-4-2/h3-27H,1-2H3;3-14,16-19H,15H2,1-2H3;1-9H;3-5H2,1-2H3. The van der Waals surface area contributed by atoms with Crippen molar-refractivity contribution in [2.45, 2.75) is 78.1 Å². The van der Waals surface area contributed by atoms with Crippen LogP contribution in [0.15, 0.2) is 308 Å². The molecular weight excluding hydrogens is 1250 g/mol. The molecule has 0 saturated carbocycles. The lowest BCUT2D eigenvalue weighted by Gasteiger charge is -2.22. The number of unbranched alkanes of at least 4 members (excludes halogenated alkanes) is 2. The van der Waals surface area contributed by atoms with Gasteiger partial charge in [-0.15, -0.1) is 0 Å². The average Bonchev–Trinajstić information content (AvgIpc) is 1.51. The second kappa shape index (κ2) is 24.5. The Morgan fingerprint density at radius 2 is 0.622 bits per heavy atom. The first-order chi connectivity index (χ1) is 48.0. The van der Waals surface area contributed by atoms with Crippen molar-refractivity contribution in [1.82, 2.24) is 4.57 Å². The molecule has 0 fully saturated rings. The van der Waals surface area contributed by atoms with Crippen LogP contribution in [0, 0.1) is 0 Å². The van der Waals surface area contributed by atoms with Crippen molar-refractivity contribution >= 4 is 102 Å². The molecule has 472 valence electrons. The van der Waals surface area contributed by atoms with Gasteiger partial charge in [0.05, 0.1) is 11.0 Å². The SMILES string of the molecule is Brc1ccc(-c2ccccc2)cc1.CC1(C)c2ccccc2-c2cc3c(cc21)Cc1cc2c4ccccc4c4ccccc4c2cc1-3.CC1(C)c2ccccc2-c2cc3c4cc5c6ccccc6c6ccccc6c5cc4n(-c4ccc(-c5ccccc5)cc4)c3cc21.CCCCC. The van der Waals surface area contributed by atoms with Crippen LogP contribution in [0.5, 0.6) is 0 Å². The van der Waals surface area contributed by atoms with E-state index in [4.69, 9.17) is 0 Å². The molecule has 20 rings (SSSR count). The number of nitrogens with zero attached hydrogens (tertiary/aromatic N) is 1. The van der Waals surface area contributed by atoms with Crippen molar-refractivity contribution < 1.29 is 0 Å². The summed E-state index contributed by atoms with van der Waals surface area (Å²) in [5.74, 6) is 0. The van der Waals surface area contributed by atoms with E-state index >= 15 is 0 Å². The second-order valence-corrected chi connectivity index (χ2v) is 29.0. The summed E-state index contributed by atoms with van der Waals surface area (Å²) in [5.41, 5.74) is 25.6. The fourth-order valence-electron chi connectivity index (χ4n) is 16.7. The molecule has 0 atom stereocenters. The van der Waals surface area contributed by atoms with E-state index in [0.717, 1.165) is 10.9 Å².